The van der Waals surface area contributed by atoms with Gasteiger partial charge in [-0.1, -0.05) is 23.7 Å². The summed E-state index contributed by atoms with van der Waals surface area (Å²) < 4.78 is 26.0. The summed E-state index contributed by atoms with van der Waals surface area (Å²) in [4.78, 5) is 20.6. The van der Waals surface area contributed by atoms with Gasteiger partial charge in [0.15, 0.2) is 11.6 Å². The van der Waals surface area contributed by atoms with Gasteiger partial charge in [0.1, 0.15) is 11.7 Å². The Labute approximate surface area is 165 Å². The van der Waals surface area contributed by atoms with Gasteiger partial charge in [-0.3, -0.25) is 15.1 Å². The molecule has 0 aliphatic heterocycles. The van der Waals surface area contributed by atoms with Gasteiger partial charge in [-0.2, -0.15) is 0 Å². The first-order valence-electron chi connectivity index (χ1n) is 8.26. The third-order valence-corrected chi connectivity index (χ3v) is 4.39. The van der Waals surface area contributed by atoms with E-state index in [-0.39, 0.29) is 24.6 Å². The van der Waals surface area contributed by atoms with Crippen molar-refractivity contribution in [2.24, 2.45) is 0 Å². The van der Waals surface area contributed by atoms with Crippen LogP contribution in [0.15, 0.2) is 54.9 Å². The van der Waals surface area contributed by atoms with E-state index in [4.69, 9.17) is 17.0 Å². The third-order valence-electron chi connectivity index (χ3n) is 4.02. The van der Waals surface area contributed by atoms with Gasteiger partial charge in [0.05, 0.1) is 18.9 Å². The van der Waals surface area contributed by atoms with Crippen LogP contribution in [0.3, 0.4) is 0 Å². The lowest BCUT2D eigenvalue weighted by Crippen LogP contribution is -2.30. The van der Waals surface area contributed by atoms with Crippen LogP contribution in [0.25, 0.3) is 11.4 Å². The number of nitrogens with one attached hydrogen (secondary N) is 1. The van der Waals surface area contributed by atoms with Gasteiger partial charge in [0.25, 0.3) is 0 Å². The summed E-state index contributed by atoms with van der Waals surface area (Å²) in [6.45, 7) is 0.0669. The number of benzene rings is 2. The van der Waals surface area contributed by atoms with Gasteiger partial charge in [0, 0.05) is 17.0 Å². The Bertz CT molecular complexity index is 994. The average molecular weight is 401 g/mol. The van der Waals surface area contributed by atoms with Crippen molar-refractivity contribution < 1.29 is 13.6 Å². The Morgan fingerprint density at radius 2 is 1.75 bits per heavy atom. The topological polar surface area (TPSA) is 69.9 Å². The molecule has 0 unspecified atom stereocenters. The van der Waals surface area contributed by atoms with E-state index in [2.05, 4.69) is 9.97 Å². The fourth-order valence-electron chi connectivity index (χ4n) is 2.57. The summed E-state index contributed by atoms with van der Waals surface area (Å²) in [5.41, 5.74) is 1.90. The molecular weight excluding hydrogens is 386 g/mol. The number of hydrogen-bond donors (Lipinski definition) is 1. The minimum atomic E-state index is -0.542. The molecule has 0 radical (unpaired) electrons. The number of amides is 1. The second-order valence-electron chi connectivity index (χ2n) is 6.01. The van der Waals surface area contributed by atoms with E-state index in [1.54, 1.807) is 30.3 Å². The van der Waals surface area contributed by atoms with Crippen LogP contribution in [0.1, 0.15) is 11.1 Å². The Balaban J connectivity index is 1.79. The van der Waals surface area contributed by atoms with Crippen molar-refractivity contribution in [3.8, 4) is 11.4 Å². The van der Waals surface area contributed by atoms with Gasteiger partial charge in [-0.25, -0.2) is 18.7 Å². The Kier molecular flexibility index (Phi) is 6.06. The highest BCUT2D eigenvalue weighted by Gasteiger charge is 2.14. The normalized spacial score (nSPS) is 10.5. The number of hydrogen-bond acceptors (Lipinski definition) is 4. The number of carbonyl (C=O) groups is 1. The maximum atomic E-state index is 13.0. The lowest BCUT2D eigenvalue weighted by Gasteiger charge is -2.19. The molecule has 0 aliphatic rings. The highest BCUT2D eigenvalue weighted by atomic mass is 35.5. The first kappa shape index (κ1) is 19.6. The Morgan fingerprint density at radius 3 is 2.39 bits per heavy atom. The van der Waals surface area contributed by atoms with Crippen LogP contribution in [0.5, 0.6) is 0 Å². The number of nitrogens with zero attached hydrogens (tertiary/aromatic N) is 3. The summed E-state index contributed by atoms with van der Waals surface area (Å²) in [7, 11) is 0. The molecule has 0 saturated carbocycles. The van der Waals surface area contributed by atoms with Crippen LogP contribution in [0.4, 0.5) is 8.78 Å². The highest BCUT2D eigenvalue weighted by Crippen LogP contribution is 2.24. The summed E-state index contributed by atoms with van der Waals surface area (Å²) in [6.07, 6.45) is 2.83. The van der Waals surface area contributed by atoms with E-state index in [1.807, 2.05) is 0 Å². The summed E-state index contributed by atoms with van der Waals surface area (Å²) in [5, 5.41) is 8.60. The molecule has 2 aromatic carbocycles. The molecule has 1 amide bonds. The monoisotopic (exact) mass is 400 g/mol. The molecule has 3 aromatic rings. The minimum absolute atomic E-state index is 0.0427. The number of amidine groups is 1. The maximum Gasteiger partial charge on any atom is 0.215 e. The average Bonchev–Trinajstić information content (AvgIpc) is 2.69. The van der Waals surface area contributed by atoms with Gasteiger partial charge in [-0.15, -0.1) is 0 Å². The number of carbonyl (C=O) groups excluding carboxylic acids is 1. The van der Waals surface area contributed by atoms with Crippen LogP contribution in [-0.2, 0) is 17.8 Å². The highest BCUT2D eigenvalue weighted by molar-refractivity contribution is 6.31. The summed E-state index contributed by atoms with van der Waals surface area (Å²) >= 11 is 6.24. The fraction of sp³-hybridized carbons (Fsp3) is 0.100. The van der Waals surface area contributed by atoms with Gasteiger partial charge < -0.3 is 0 Å². The summed E-state index contributed by atoms with van der Waals surface area (Å²) in [6, 6.07) is 10.7. The van der Waals surface area contributed by atoms with E-state index >= 15 is 0 Å². The molecule has 3 rings (SSSR count). The molecular formula is C20H15ClF2N4O. The first-order chi connectivity index (χ1) is 13.5. The zero-order valence-corrected chi connectivity index (χ0v) is 15.3. The largest absolute Gasteiger partial charge is 0.299 e. The van der Waals surface area contributed by atoms with E-state index < -0.39 is 5.82 Å². The van der Waals surface area contributed by atoms with Gasteiger partial charge in [0.2, 0.25) is 6.41 Å². The zero-order valence-electron chi connectivity index (χ0n) is 14.6. The van der Waals surface area contributed by atoms with Crippen molar-refractivity contribution in [1.82, 2.24) is 14.9 Å². The van der Waals surface area contributed by atoms with E-state index in [0.29, 0.717) is 33.9 Å². The van der Waals surface area contributed by atoms with E-state index in [9.17, 15) is 13.6 Å². The minimum Gasteiger partial charge on any atom is -0.299 e. The lowest BCUT2D eigenvalue weighted by molar-refractivity contribution is -0.115. The maximum absolute atomic E-state index is 13.0. The van der Waals surface area contributed by atoms with Crippen LogP contribution < -0.4 is 0 Å². The quantitative estimate of drug-likeness (QED) is 0.382. The molecule has 1 N–H and O–H groups in total. The third kappa shape index (κ3) is 4.75. The van der Waals surface area contributed by atoms with Gasteiger partial charge in [-0.05, 0) is 41.5 Å². The number of halogens is 3. The smallest absolute Gasteiger partial charge is 0.215 e. The van der Waals surface area contributed by atoms with Crippen LogP contribution in [0.2, 0.25) is 5.02 Å². The molecule has 0 saturated heterocycles. The van der Waals surface area contributed by atoms with Crippen molar-refractivity contribution in [2.75, 3.05) is 0 Å². The zero-order chi connectivity index (χ0) is 20.1. The van der Waals surface area contributed by atoms with Crippen molar-refractivity contribution in [1.29, 1.82) is 5.41 Å². The molecule has 1 heterocycles. The van der Waals surface area contributed by atoms with E-state index in [0.717, 1.165) is 12.4 Å². The van der Waals surface area contributed by atoms with Crippen molar-refractivity contribution in [3.05, 3.63) is 82.6 Å². The molecule has 5 nitrogen and oxygen atoms in total. The van der Waals surface area contributed by atoms with Crippen LogP contribution in [-0.4, -0.2) is 27.1 Å². The molecule has 0 fully saturated rings. The molecule has 8 heteroatoms. The number of aromatic nitrogens is 2. The van der Waals surface area contributed by atoms with Gasteiger partial charge >= 0.3 is 0 Å². The van der Waals surface area contributed by atoms with Crippen molar-refractivity contribution in [2.45, 2.75) is 13.0 Å². The molecule has 142 valence electrons. The fourth-order valence-corrected chi connectivity index (χ4v) is 2.75. The SMILES string of the molecule is N=C(Cc1ccc(F)cc1)N(C=O)Cc1cc(-c2ncc(F)cn2)ccc1Cl. The number of rotatable bonds is 6. The Morgan fingerprint density at radius 1 is 1.07 bits per heavy atom. The molecule has 1 aromatic heterocycles. The summed E-state index contributed by atoms with van der Waals surface area (Å²) in [5.74, 6) is -0.548. The van der Waals surface area contributed by atoms with Crippen LogP contribution >= 0.6 is 11.6 Å². The lowest BCUT2D eigenvalue weighted by atomic mass is 10.1. The van der Waals surface area contributed by atoms with Crippen LogP contribution in [0, 0.1) is 17.0 Å². The predicted molar refractivity (Wildman–Crippen MR) is 102 cm³/mol. The molecule has 0 spiro atoms. The van der Waals surface area contributed by atoms with Crippen molar-refractivity contribution in [3.63, 3.8) is 0 Å². The molecule has 0 aliphatic carbocycles. The van der Waals surface area contributed by atoms with Crippen molar-refractivity contribution >= 4 is 23.8 Å². The standard InChI is InChI=1S/C20H15ClF2N4O/c21-18-6-3-14(20-25-9-17(23)10-26-20)8-15(18)11-27(12-28)19(24)7-13-1-4-16(22)5-2-13/h1-6,8-10,12,24H,7,11H2. The molecule has 0 bridgehead atoms. The van der Waals surface area contributed by atoms with E-state index in [1.165, 1.54) is 17.0 Å². The first-order valence-corrected chi connectivity index (χ1v) is 8.64. The molecule has 0 atom stereocenters. The Hall–Kier alpha value is -3.19. The predicted octanol–water partition coefficient (Wildman–Crippen LogP) is 4.25. The second-order valence-corrected chi connectivity index (χ2v) is 6.42. The second kappa shape index (κ2) is 8.67. The molecule has 28 heavy (non-hydrogen) atoms.